The van der Waals surface area contributed by atoms with Crippen molar-refractivity contribution < 1.29 is 24.0 Å². The number of esters is 1. The monoisotopic (exact) mass is 381 g/mol. The first-order chi connectivity index (χ1) is 13.3. The molecule has 1 heterocycles. The molecule has 0 unspecified atom stereocenters. The average Bonchev–Trinajstić information content (AvgIpc) is 3.04. The van der Waals surface area contributed by atoms with Crippen LogP contribution < -0.4 is 10.8 Å². The second kappa shape index (κ2) is 8.16. The van der Waals surface area contributed by atoms with Gasteiger partial charge in [-0.3, -0.25) is 4.79 Å². The van der Waals surface area contributed by atoms with Gasteiger partial charge in [0.25, 0.3) is 5.91 Å². The topological polar surface area (TPSA) is 84.9 Å². The number of nitrogens with one attached hydrogen (secondary N) is 1. The lowest BCUT2D eigenvalue weighted by molar-refractivity contribution is -0.150. The fraction of sp³-hybridized carbons (Fsp3) is 0.333. The van der Waals surface area contributed by atoms with Crippen LogP contribution in [0.3, 0.4) is 0 Å². The SMILES string of the molecule is CC(C)(C)[C@H](NC(=O)c1ccc2c(c1)B(O)OC2)C(=O)OCc1ccccc1. The van der Waals surface area contributed by atoms with E-state index in [1.165, 1.54) is 0 Å². The number of carbonyl (C=O) groups is 2. The van der Waals surface area contributed by atoms with Crippen molar-refractivity contribution in [2.24, 2.45) is 5.41 Å². The van der Waals surface area contributed by atoms with Gasteiger partial charge >= 0.3 is 13.1 Å². The third-order valence-electron chi connectivity index (χ3n) is 4.67. The van der Waals surface area contributed by atoms with Gasteiger partial charge in [-0.2, -0.15) is 0 Å². The van der Waals surface area contributed by atoms with Crippen LogP contribution in [-0.2, 0) is 27.4 Å². The molecule has 1 amide bonds. The molecule has 0 radical (unpaired) electrons. The predicted molar refractivity (Wildman–Crippen MR) is 106 cm³/mol. The van der Waals surface area contributed by atoms with Gasteiger partial charge in [0.1, 0.15) is 12.6 Å². The summed E-state index contributed by atoms with van der Waals surface area (Å²) in [5.74, 6) is -0.896. The van der Waals surface area contributed by atoms with Crippen molar-refractivity contribution in [3.8, 4) is 0 Å². The van der Waals surface area contributed by atoms with Crippen LogP contribution in [-0.4, -0.2) is 30.1 Å². The molecule has 2 N–H and O–H groups in total. The molecule has 0 spiro atoms. The van der Waals surface area contributed by atoms with Crippen molar-refractivity contribution in [3.63, 3.8) is 0 Å². The lowest BCUT2D eigenvalue weighted by atomic mass is 9.78. The van der Waals surface area contributed by atoms with E-state index in [0.29, 0.717) is 17.6 Å². The van der Waals surface area contributed by atoms with Gasteiger partial charge in [-0.15, -0.1) is 0 Å². The molecule has 0 fully saturated rings. The number of rotatable bonds is 5. The first-order valence-electron chi connectivity index (χ1n) is 9.19. The van der Waals surface area contributed by atoms with Gasteiger partial charge in [0.2, 0.25) is 0 Å². The predicted octanol–water partition coefficient (Wildman–Crippen LogP) is 1.79. The van der Waals surface area contributed by atoms with E-state index in [-0.39, 0.29) is 6.61 Å². The minimum absolute atomic E-state index is 0.143. The number of carbonyl (C=O) groups excluding carboxylic acids is 2. The molecular formula is C21H24BNO5. The second-order valence-electron chi connectivity index (χ2n) is 7.94. The van der Waals surface area contributed by atoms with Crippen molar-refractivity contribution in [2.75, 3.05) is 0 Å². The molecule has 0 aliphatic carbocycles. The van der Waals surface area contributed by atoms with Crippen molar-refractivity contribution in [2.45, 2.75) is 40.0 Å². The molecule has 146 valence electrons. The van der Waals surface area contributed by atoms with E-state index >= 15 is 0 Å². The Morgan fingerprint density at radius 3 is 2.61 bits per heavy atom. The summed E-state index contributed by atoms with van der Waals surface area (Å²) in [7, 11) is -1.03. The van der Waals surface area contributed by atoms with Gasteiger partial charge in [0.05, 0.1) is 6.61 Å². The third-order valence-corrected chi connectivity index (χ3v) is 4.67. The van der Waals surface area contributed by atoms with Crippen molar-refractivity contribution >= 4 is 24.5 Å². The fourth-order valence-electron chi connectivity index (χ4n) is 3.01. The molecule has 1 aliphatic rings. The highest BCUT2D eigenvalue weighted by Gasteiger charge is 2.35. The molecule has 28 heavy (non-hydrogen) atoms. The van der Waals surface area contributed by atoms with Crippen LogP contribution in [0.25, 0.3) is 0 Å². The van der Waals surface area contributed by atoms with E-state index in [9.17, 15) is 14.6 Å². The number of fused-ring (bicyclic) bond motifs is 1. The van der Waals surface area contributed by atoms with Crippen LogP contribution in [0.5, 0.6) is 0 Å². The molecule has 1 atom stereocenters. The summed E-state index contributed by atoms with van der Waals surface area (Å²) in [4.78, 5) is 25.4. The zero-order valence-corrected chi connectivity index (χ0v) is 16.3. The Balaban J connectivity index is 1.71. The highest BCUT2D eigenvalue weighted by atomic mass is 16.5. The van der Waals surface area contributed by atoms with E-state index in [4.69, 9.17) is 9.39 Å². The Bertz CT molecular complexity index is 863. The first kappa shape index (κ1) is 20.1. The molecule has 3 rings (SSSR count). The van der Waals surface area contributed by atoms with Gasteiger partial charge < -0.3 is 19.7 Å². The Morgan fingerprint density at radius 1 is 1.21 bits per heavy atom. The Morgan fingerprint density at radius 2 is 1.93 bits per heavy atom. The zero-order chi connectivity index (χ0) is 20.3. The molecule has 7 heteroatoms. The average molecular weight is 381 g/mol. The fourth-order valence-corrected chi connectivity index (χ4v) is 3.01. The maximum absolute atomic E-state index is 12.7. The summed E-state index contributed by atoms with van der Waals surface area (Å²) in [5.41, 5.74) is 2.11. The maximum atomic E-state index is 12.7. The maximum Gasteiger partial charge on any atom is 0.491 e. The lowest BCUT2D eigenvalue weighted by Crippen LogP contribution is -2.50. The normalized spacial score (nSPS) is 14.4. The van der Waals surface area contributed by atoms with Crippen molar-refractivity contribution in [1.82, 2.24) is 5.32 Å². The largest absolute Gasteiger partial charge is 0.491 e. The molecular weight excluding hydrogens is 357 g/mol. The van der Waals surface area contributed by atoms with E-state index in [0.717, 1.165) is 11.1 Å². The zero-order valence-electron chi connectivity index (χ0n) is 16.3. The molecule has 0 bridgehead atoms. The van der Waals surface area contributed by atoms with Crippen LogP contribution in [0.1, 0.15) is 42.3 Å². The Kier molecular flexibility index (Phi) is 5.86. The van der Waals surface area contributed by atoms with Crippen molar-refractivity contribution in [1.29, 1.82) is 0 Å². The summed E-state index contributed by atoms with van der Waals surface area (Å²) in [6.45, 7) is 6.05. The second-order valence-corrected chi connectivity index (χ2v) is 7.94. The standard InChI is InChI=1S/C21H24BNO5/c1-21(2,3)18(20(25)27-12-14-7-5-4-6-8-14)23-19(24)15-9-10-16-13-28-22(26)17(16)11-15/h4-11,18,26H,12-13H2,1-3H3,(H,23,24)/t18-/m1/s1. The van der Waals surface area contributed by atoms with Crippen molar-refractivity contribution in [3.05, 3.63) is 65.2 Å². The number of ether oxygens (including phenoxy) is 1. The van der Waals surface area contributed by atoms with E-state index in [1.807, 2.05) is 51.1 Å². The lowest BCUT2D eigenvalue weighted by Gasteiger charge is -2.29. The van der Waals surface area contributed by atoms with E-state index in [1.54, 1.807) is 18.2 Å². The third kappa shape index (κ3) is 4.61. The summed E-state index contributed by atoms with van der Waals surface area (Å²) >= 11 is 0. The molecule has 0 saturated carbocycles. The Hall–Kier alpha value is -2.64. The van der Waals surface area contributed by atoms with Crippen LogP contribution in [0.2, 0.25) is 0 Å². The molecule has 6 nitrogen and oxygen atoms in total. The van der Waals surface area contributed by atoms with E-state index in [2.05, 4.69) is 5.32 Å². The van der Waals surface area contributed by atoms with Gasteiger partial charge in [0, 0.05) is 5.56 Å². The minimum Gasteiger partial charge on any atom is -0.459 e. The summed E-state index contributed by atoms with van der Waals surface area (Å²) < 4.78 is 10.6. The Labute approximate surface area is 165 Å². The first-order valence-corrected chi connectivity index (χ1v) is 9.19. The molecule has 0 saturated heterocycles. The summed E-state index contributed by atoms with van der Waals surface area (Å²) in [6.07, 6.45) is 0. The number of amides is 1. The van der Waals surface area contributed by atoms with Gasteiger partial charge in [-0.1, -0.05) is 57.2 Å². The van der Waals surface area contributed by atoms with Gasteiger partial charge in [0.15, 0.2) is 0 Å². The molecule has 2 aromatic rings. The number of hydrogen-bond donors (Lipinski definition) is 2. The van der Waals surface area contributed by atoms with Gasteiger partial charge in [-0.05, 0) is 34.1 Å². The number of benzene rings is 2. The minimum atomic E-state index is -1.03. The highest BCUT2D eigenvalue weighted by Crippen LogP contribution is 2.22. The quantitative estimate of drug-likeness (QED) is 0.610. The highest BCUT2D eigenvalue weighted by molar-refractivity contribution is 6.61. The number of hydrogen-bond acceptors (Lipinski definition) is 5. The van der Waals surface area contributed by atoms with Crippen LogP contribution in [0.4, 0.5) is 0 Å². The van der Waals surface area contributed by atoms with E-state index < -0.39 is 30.5 Å². The molecule has 2 aromatic carbocycles. The van der Waals surface area contributed by atoms with Crippen LogP contribution in [0, 0.1) is 5.41 Å². The molecule has 1 aliphatic heterocycles. The summed E-state index contributed by atoms with van der Waals surface area (Å²) in [6, 6.07) is 13.6. The smallest absolute Gasteiger partial charge is 0.459 e. The molecule has 0 aromatic heterocycles. The van der Waals surface area contributed by atoms with Crippen LogP contribution >= 0.6 is 0 Å². The van der Waals surface area contributed by atoms with Crippen LogP contribution in [0.15, 0.2) is 48.5 Å². The summed E-state index contributed by atoms with van der Waals surface area (Å²) in [5, 5.41) is 12.6. The van der Waals surface area contributed by atoms with Gasteiger partial charge in [-0.25, -0.2) is 4.79 Å².